The lowest BCUT2D eigenvalue weighted by atomic mass is 9.93. The first-order valence-corrected chi connectivity index (χ1v) is 8.75. The Kier molecular flexibility index (Phi) is 3.93. The average molecular weight is 385 g/mol. The Morgan fingerprint density at radius 1 is 0.963 bits per heavy atom. The molecular weight excluding hydrogens is 375 g/mol. The van der Waals surface area contributed by atoms with Gasteiger partial charge in [-0.25, -0.2) is 8.78 Å². The molecule has 0 aliphatic heterocycles. The molecule has 1 aromatic heterocycles. The van der Waals surface area contributed by atoms with Crippen LogP contribution in [0.5, 0.6) is 11.5 Å². The zero-order chi connectivity index (χ0) is 19.3. The Morgan fingerprint density at radius 3 is 2.48 bits per heavy atom. The summed E-state index contributed by atoms with van der Waals surface area (Å²) in [6.07, 6.45) is -0.0430. The predicted molar refractivity (Wildman–Crippen MR) is 94.7 cm³/mol. The van der Waals surface area contributed by atoms with Gasteiger partial charge in [0.1, 0.15) is 17.6 Å². The number of benzene rings is 2. The third-order valence-electron chi connectivity index (χ3n) is 4.54. The normalized spacial score (nSPS) is 13.0. The number of nitriles is 1. The number of halogens is 3. The first-order valence-electron chi connectivity index (χ1n) is 7.81. The summed E-state index contributed by atoms with van der Waals surface area (Å²) < 4.78 is 42.9. The smallest absolute Gasteiger partial charge is 0.200 e. The molecule has 0 amide bonds. The van der Waals surface area contributed by atoms with Gasteiger partial charge in [0.05, 0.1) is 5.56 Å². The molecule has 7 heteroatoms. The van der Waals surface area contributed by atoms with Crippen LogP contribution in [-0.2, 0) is 6.42 Å². The summed E-state index contributed by atoms with van der Waals surface area (Å²) in [5, 5.41) is 31.8. The molecule has 0 fully saturated rings. The lowest BCUT2D eigenvalue weighted by molar-refractivity contribution is 0.406. The largest absolute Gasteiger partial charge is 0.508 e. The van der Waals surface area contributed by atoms with Crippen LogP contribution in [0.2, 0.25) is 0 Å². The number of phenols is 2. The van der Waals surface area contributed by atoms with Gasteiger partial charge in [0.2, 0.25) is 5.82 Å². The van der Waals surface area contributed by atoms with Crippen molar-refractivity contribution in [3.05, 3.63) is 80.3 Å². The molecule has 3 nitrogen and oxygen atoms in total. The maximum Gasteiger partial charge on any atom is 0.200 e. The first-order chi connectivity index (χ1) is 12.9. The molecule has 27 heavy (non-hydrogen) atoms. The summed E-state index contributed by atoms with van der Waals surface area (Å²) in [5.41, 5.74) is 1.82. The fourth-order valence-corrected chi connectivity index (χ4v) is 4.10. The average Bonchev–Trinajstić information content (AvgIpc) is 3.23. The standard InChI is InChI=1S/C20H10F3NO2S/c21-16-4-10(25)3-13-12(16)5-14(11-1-2-17(26)20(23)19(11)22)18(13)15-8-27-7-9(15)6-24/h1-4,7-8,25-26H,5H2. The van der Waals surface area contributed by atoms with Crippen molar-refractivity contribution in [1.82, 2.24) is 0 Å². The second kappa shape index (κ2) is 6.18. The molecule has 134 valence electrons. The second-order valence-electron chi connectivity index (χ2n) is 6.06. The van der Waals surface area contributed by atoms with Crippen molar-refractivity contribution in [1.29, 1.82) is 5.26 Å². The van der Waals surface area contributed by atoms with Crippen LogP contribution in [0.3, 0.4) is 0 Å². The first kappa shape index (κ1) is 17.2. The molecule has 0 atom stereocenters. The number of aromatic hydroxyl groups is 2. The summed E-state index contributed by atoms with van der Waals surface area (Å²) in [5.74, 6) is -4.47. The van der Waals surface area contributed by atoms with Crippen LogP contribution in [0, 0.1) is 28.8 Å². The van der Waals surface area contributed by atoms with E-state index in [2.05, 4.69) is 0 Å². The molecule has 1 heterocycles. The van der Waals surface area contributed by atoms with Gasteiger partial charge >= 0.3 is 0 Å². The minimum atomic E-state index is -1.40. The van der Waals surface area contributed by atoms with E-state index >= 15 is 0 Å². The van der Waals surface area contributed by atoms with Crippen LogP contribution in [0.15, 0.2) is 35.0 Å². The van der Waals surface area contributed by atoms with E-state index in [1.54, 1.807) is 10.8 Å². The van der Waals surface area contributed by atoms with E-state index in [9.17, 15) is 28.6 Å². The van der Waals surface area contributed by atoms with Gasteiger partial charge in [0.15, 0.2) is 11.6 Å². The molecule has 4 rings (SSSR count). The number of nitrogens with zero attached hydrogens (tertiary/aromatic N) is 1. The lowest BCUT2D eigenvalue weighted by Crippen LogP contribution is -1.97. The van der Waals surface area contributed by atoms with Crippen molar-refractivity contribution in [2.75, 3.05) is 0 Å². The Labute approximate surface area is 155 Å². The fraction of sp³-hybridized carbons (Fsp3) is 0.0500. The molecule has 3 aromatic rings. The van der Waals surface area contributed by atoms with E-state index in [1.165, 1.54) is 23.5 Å². The monoisotopic (exact) mass is 385 g/mol. The molecule has 0 bridgehead atoms. The van der Waals surface area contributed by atoms with Gasteiger partial charge in [0, 0.05) is 34.6 Å². The highest BCUT2D eigenvalue weighted by Gasteiger charge is 2.31. The third kappa shape index (κ3) is 2.57. The third-order valence-corrected chi connectivity index (χ3v) is 5.29. The molecule has 1 aliphatic rings. The number of rotatable bonds is 2. The maximum absolute atomic E-state index is 14.5. The van der Waals surface area contributed by atoms with Crippen molar-refractivity contribution in [2.45, 2.75) is 6.42 Å². The molecule has 0 saturated heterocycles. The van der Waals surface area contributed by atoms with Crippen LogP contribution in [0.25, 0.3) is 11.1 Å². The van der Waals surface area contributed by atoms with Gasteiger partial charge in [-0.05, 0) is 40.3 Å². The number of phenolic OH excluding ortho intramolecular Hbond substituents is 2. The highest BCUT2D eigenvalue weighted by atomic mass is 32.1. The fourth-order valence-electron chi connectivity index (χ4n) is 3.34. The highest BCUT2D eigenvalue weighted by Crippen LogP contribution is 2.46. The van der Waals surface area contributed by atoms with Crippen LogP contribution in [0.4, 0.5) is 13.2 Å². The van der Waals surface area contributed by atoms with Gasteiger partial charge in [0.25, 0.3) is 0 Å². The molecule has 0 saturated carbocycles. The molecule has 0 radical (unpaired) electrons. The van der Waals surface area contributed by atoms with Crippen LogP contribution in [-0.4, -0.2) is 10.2 Å². The van der Waals surface area contributed by atoms with E-state index in [0.29, 0.717) is 22.3 Å². The predicted octanol–water partition coefficient (Wildman–Crippen LogP) is 4.96. The van der Waals surface area contributed by atoms with Crippen molar-refractivity contribution < 1.29 is 23.4 Å². The van der Waals surface area contributed by atoms with Gasteiger partial charge in [-0.3, -0.25) is 0 Å². The molecule has 2 N–H and O–H groups in total. The lowest BCUT2D eigenvalue weighted by Gasteiger charge is -2.11. The van der Waals surface area contributed by atoms with E-state index in [0.717, 1.165) is 12.1 Å². The molecule has 0 unspecified atom stereocenters. The minimum Gasteiger partial charge on any atom is -0.508 e. The van der Waals surface area contributed by atoms with Gasteiger partial charge in [-0.15, -0.1) is 0 Å². The van der Waals surface area contributed by atoms with Gasteiger partial charge in [-0.2, -0.15) is 21.0 Å². The number of hydrogen-bond acceptors (Lipinski definition) is 4. The molecule has 2 aromatic carbocycles. The van der Waals surface area contributed by atoms with E-state index in [-0.39, 0.29) is 28.9 Å². The summed E-state index contributed by atoms with van der Waals surface area (Å²) >= 11 is 1.25. The summed E-state index contributed by atoms with van der Waals surface area (Å²) in [6, 6.07) is 6.56. The van der Waals surface area contributed by atoms with Crippen LogP contribution in [0.1, 0.15) is 27.8 Å². The molecule has 1 aliphatic carbocycles. The van der Waals surface area contributed by atoms with E-state index < -0.39 is 23.2 Å². The van der Waals surface area contributed by atoms with Crippen molar-refractivity contribution in [2.24, 2.45) is 0 Å². The Morgan fingerprint density at radius 2 is 1.74 bits per heavy atom. The summed E-state index contributed by atoms with van der Waals surface area (Å²) in [7, 11) is 0. The van der Waals surface area contributed by atoms with Crippen LogP contribution < -0.4 is 0 Å². The van der Waals surface area contributed by atoms with Crippen molar-refractivity contribution in [3.8, 4) is 17.6 Å². The number of thiophene rings is 1. The van der Waals surface area contributed by atoms with Gasteiger partial charge < -0.3 is 10.2 Å². The van der Waals surface area contributed by atoms with Crippen molar-refractivity contribution in [3.63, 3.8) is 0 Å². The second-order valence-corrected chi connectivity index (χ2v) is 6.80. The molecular formula is C20H10F3NO2S. The zero-order valence-electron chi connectivity index (χ0n) is 13.6. The maximum atomic E-state index is 14.5. The summed E-state index contributed by atoms with van der Waals surface area (Å²) in [6.45, 7) is 0. The topological polar surface area (TPSA) is 64.2 Å². The number of allylic oxidation sites excluding steroid dienone is 1. The Hall–Kier alpha value is -3.24. The SMILES string of the molecule is N#Cc1cscc1C1=C(c2ccc(O)c(F)c2F)Cc2c(F)cc(O)cc21. The Bertz CT molecular complexity index is 1170. The summed E-state index contributed by atoms with van der Waals surface area (Å²) in [4.78, 5) is 0. The zero-order valence-corrected chi connectivity index (χ0v) is 14.4. The minimum absolute atomic E-state index is 0.0430. The van der Waals surface area contributed by atoms with Crippen LogP contribution >= 0.6 is 11.3 Å². The molecule has 0 spiro atoms. The number of hydrogen-bond donors (Lipinski definition) is 2. The van der Waals surface area contributed by atoms with E-state index in [1.807, 2.05) is 6.07 Å². The number of fused-ring (bicyclic) bond motifs is 1. The highest BCUT2D eigenvalue weighted by molar-refractivity contribution is 7.08. The van der Waals surface area contributed by atoms with Gasteiger partial charge in [-0.1, -0.05) is 0 Å². The Balaban J connectivity index is 2.07. The van der Waals surface area contributed by atoms with Crippen molar-refractivity contribution >= 4 is 22.5 Å². The van der Waals surface area contributed by atoms with E-state index in [4.69, 9.17) is 0 Å². The quantitative estimate of drug-likeness (QED) is 0.655.